The summed E-state index contributed by atoms with van der Waals surface area (Å²) in [5.41, 5.74) is 5.27. The van der Waals surface area contributed by atoms with E-state index in [0.29, 0.717) is 26.2 Å². The molecule has 0 aromatic heterocycles. The molecule has 154 valence electrons. The molecule has 1 aliphatic carbocycles. The first kappa shape index (κ1) is 20.6. The normalized spacial score (nSPS) is 26.2. The van der Waals surface area contributed by atoms with E-state index < -0.39 is 17.3 Å². The second kappa shape index (κ2) is 7.73. The molecular weight excluding hydrogens is 371 g/mol. The third-order valence-electron chi connectivity index (χ3n) is 5.89. The van der Waals surface area contributed by atoms with Crippen LogP contribution in [0.25, 0.3) is 0 Å². The minimum Gasteiger partial charge on any atom is -0.339 e. The van der Waals surface area contributed by atoms with Crippen LogP contribution in [0.3, 0.4) is 0 Å². The number of hydrogen-bond donors (Lipinski definition) is 1. The van der Waals surface area contributed by atoms with Crippen molar-refractivity contribution in [1.82, 2.24) is 9.80 Å². The lowest BCUT2D eigenvalue weighted by atomic mass is 9.74. The summed E-state index contributed by atoms with van der Waals surface area (Å²) in [5.74, 6) is -0.466. The largest absolute Gasteiger partial charge is 0.416 e. The van der Waals surface area contributed by atoms with Gasteiger partial charge in [0.2, 0.25) is 5.91 Å². The minimum atomic E-state index is -4.43. The highest BCUT2D eigenvalue weighted by atomic mass is 19.4. The van der Waals surface area contributed by atoms with E-state index >= 15 is 0 Å². The van der Waals surface area contributed by atoms with Gasteiger partial charge < -0.3 is 15.5 Å². The molecule has 0 spiro atoms. The first-order valence-corrected chi connectivity index (χ1v) is 9.64. The van der Waals surface area contributed by atoms with Crippen molar-refractivity contribution in [2.45, 2.75) is 44.3 Å². The Morgan fingerprint density at radius 1 is 1.04 bits per heavy atom. The van der Waals surface area contributed by atoms with E-state index in [0.717, 1.165) is 37.8 Å². The molecule has 2 N–H and O–H groups in total. The molecule has 5 nitrogen and oxygen atoms in total. The lowest BCUT2D eigenvalue weighted by Gasteiger charge is -2.42. The van der Waals surface area contributed by atoms with E-state index in [1.165, 1.54) is 12.1 Å². The molecule has 0 radical (unpaired) electrons. The Kier molecular flexibility index (Phi) is 5.70. The second-order valence-corrected chi connectivity index (χ2v) is 8.00. The van der Waals surface area contributed by atoms with Crippen molar-refractivity contribution in [2.75, 3.05) is 26.2 Å². The topological polar surface area (TPSA) is 66.6 Å². The number of nitrogens with zero attached hydrogens (tertiary/aromatic N) is 2. The number of carbonyl (C=O) groups excluding carboxylic acids is 2. The van der Waals surface area contributed by atoms with Crippen LogP contribution in [-0.4, -0.2) is 53.3 Å². The molecule has 28 heavy (non-hydrogen) atoms. The number of carbonyl (C=O) groups is 2. The average molecular weight is 397 g/mol. The Labute approximate surface area is 162 Å². The summed E-state index contributed by atoms with van der Waals surface area (Å²) in [6.07, 6.45) is -0.780. The summed E-state index contributed by atoms with van der Waals surface area (Å²) in [5, 5.41) is 0. The number of halogens is 3. The van der Waals surface area contributed by atoms with E-state index in [-0.39, 0.29) is 23.3 Å². The van der Waals surface area contributed by atoms with Gasteiger partial charge in [-0.15, -0.1) is 0 Å². The third-order valence-corrected chi connectivity index (χ3v) is 5.89. The van der Waals surface area contributed by atoms with Gasteiger partial charge in [0.1, 0.15) is 0 Å². The van der Waals surface area contributed by atoms with Crippen molar-refractivity contribution < 1.29 is 22.8 Å². The van der Waals surface area contributed by atoms with Gasteiger partial charge in [-0.25, -0.2) is 0 Å². The molecule has 2 unspecified atom stereocenters. The molecule has 2 atom stereocenters. The van der Waals surface area contributed by atoms with Crippen LogP contribution in [-0.2, 0) is 11.0 Å². The molecule has 1 heterocycles. The molecule has 1 aromatic carbocycles. The fraction of sp³-hybridized carbons (Fsp3) is 0.600. The zero-order valence-corrected chi connectivity index (χ0v) is 16.0. The molecule has 1 aromatic rings. The summed E-state index contributed by atoms with van der Waals surface area (Å²) >= 11 is 0. The molecule has 2 fully saturated rings. The van der Waals surface area contributed by atoms with Gasteiger partial charge in [0.15, 0.2) is 0 Å². The summed E-state index contributed by atoms with van der Waals surface area (Å²) in [6.45, 7) is 3.48. The zero-order chi connectivity index (χ0) is 20.5. The summed E-state index contributed by atoms with van der Waals surface area (Å²) in [6, 6.07) is 4.23. The van der Waals surface area contributed by atoms with Crippen molar-refractivity contribution >= 4 is 11.8 Å². The number of alkyl halides is 3. The molecule has 2 amide bonds. The predicted octanol–water partition coefficient (Wildman–Crippen LogP) is 2.90. The Balaban J connectivity index is 1.59. The maximum absolute atomic E-state index is 12.9. The van der Waals surface area contributed by atoms with E-state index in [1.54, 1.807) is 9.80 Å². The van der Waals surface area contributed by atoms with E-state index in [4.69, 9.17) is 5.73 Å². The first-order valence-electron chi connectivity index (χ1n) is 9.64. The Bertz CT molecular complexity index is 723. The smallest absolute Gasteiger partial charge is 0.339 e. The quantitative estimate of drug-likeness (QED) is 0.835. The average Bonchev–Trinajstić information content (AvgIpc) is 2.66. The monoisotopic (exact) mass is 397 g/mol. The summed E-state index contributed by atoms with van der Waals surface area (Å²) in [7, 11) is 0. The summed E-state index contributed by atoms with van der Waals surface area (Å²) in [4.78, 5) is 28.8. The van der Waals surface area contributed by atoms with Gasteiger partial charge in [-0.05, 0) is 44.0 Å². The third kappa shape index (κ3) is 4.32. The number of benzene rings is 1. The van der Waals surface area contributed by atoms with Crippen molar-refractivity contribution in [1.29, 1.82) is 0 Å². The van der Waals surface area contributed by atoms with Gasteiger partial charge in [-0.3, -0.25) is 9.59 Å². The minimum absolute atomic E-state index is 0.0475. The number of hydrogen-bond acceptors (Lipinski definition) is 3. The zero-order valence-electron chi connectivity index (χ0n) is 16.0. The lowest BCUT2D eigenvalue weighted by Crippen LogP contribution is -2.57. The Hall–Kier alpha value is -2.09. The van der Waals surface area contributed by atoms with Gasteiger partial charge in [-0.2, -0.15) is 13.2 Å². The van der Waals surface area contributed by atoms with Gasteiger partial charge in [0.25, 0.3) is 5.91 Å². The fourth-order valence-electron chi connectivity index (χ4n) is 4.10. The van der Waals surface area contributed by atoms with Gasteiger partial charge in [-0.1, -0.05) is 12.8 Å². The van der Waals surface area contributed by atoms with Gasteiger partial charge >= 0.3 is 6.18 Å². The summed E-state index contributed by atoms with van der Waals surface area (Å²) < 4.78 is 38.0. The highest BCUT2D eigenvalue weighted by Gasteiger charge is 2.40. The predicted molar refractivity (Wildman–Crippen MR) is 98.5 cm³/mol. The molecule has 3 rings (SSSR count). The van der Waals surface area contributed by atoms with E-state index in [9.17, 15) is 22.8 Å². The van der Waals surface area contributed by atoms with Crippen LogP contribution in [0.5, 0.6) is 0 Å². The number of amides is 2. The fourth-order valence-corrected chi connectivity index (χ4v) is 4.10. The Morgan fingerprint density at radius 2 is 1.61 bits per heavy atom. The van der Waals surface area contributed by atoms with Crippen LogP contribution in [0, 0.1) is 5.92 Å². The number of nitrogens with two attached hydrogens (primary N) is 1. The number of piperazine rings is 1. The standard InChI is InChI=1S/C20H26F3N3O2/c1-19(24)9-3-2-4-16(19)18(28)26-12-10-25(11-13-26)17(27)14-5-7-15(8-6-14)20(21,22)23/h5-8,16H,2-4,9-13,24H2,1H3. The molecule has 1 saturated carbocycles. The van der Waals surface area contributed by atoms with Crippen LogP contribution in [0.15, 0.2) is 24.3 Å². The highest BCUT2D eigenvalue weighted by Crippen LogP contribution is 2.33. The van der Waals surface area contributed by atoms with Crippen molar-refractivity contribution in [3.8, 4) is 0 Å². The van der Waals surface area contributed by atoms with Crippen molar-refractivity contribution in [2.24, 2.45) is 11.7 Å². The van der Waals surface area contributed by atoms with Gasteiger partial charge in [0.05, 0.1) is 11.5 Å². The van der Waals surface area contributed by atoms with Gasteiger partial charge in [0, 0.05) is 37.3 Å². The van der Waals surface area contributed by atoms with Crippen LogP contribution < -0.4 is 5.73 Å². The lowest BCUT2D eigenvalue weighted by molar-refractivity contribution is -0.140. The highest BCUT2D eigenvalue weighted by molar-refractivity contribution is 5.94. The van der Waals surface area contributed by atoms with Crippen LogP contribution in [0.2, 0.25) is 0 Å². The molecule has 8 heteroatoms. The Morgan fingerprint density at radius 3 is 2.14 bits per heavy atom. The van der Waals surface area contributed by atoms with E-state index in [2.05, 4.69) is 0 Å². The van der Waals surface area contributed by atoms with Crippen LogP contribution in [0.1, 0.15) is 48.5 Å². The van der Waals surface area contributed by atoms with Crippen LogP contribution >= 0.6 is 0 Å². The van der Waals surface area contributed by atoms with Crippen molar-refractivity contribution in [3.63, 3.8) is 0 Å². The molecule has 0 bridgehead atoms. The SMILES string of the molecule is CC1(N)CCCCC1C(=O)N1CCN(C(=O)c2ccc(C(F)(F)F)cc2)CC1. The molecular formula is C20H26F3N3O2. The number of rotatable bonds is 2. The maximum Gasteiger partial charge on any atom is 0.416 e. The maximum atomic E-state index is 12.9. The van der Waals surface area contributed by atoms with Crippen LogP contribution in [0.4, 0.5) is 13.2 Å². The molecule has 1 aliphatic heterocycles. The van der Waals surface area contributed by atoms with E-state index in [1.807, 2.05) is 6.92 Å². The van der Waals surface area contributed by atoms with Crippen molar-refractivity contribution in [3.05, 3.63) is 35.4 Å². The molecule has 2 aliphatic rings. The molecule has 1 saturated heterocycles. The second-order valence-electron chi connectivity index (χ2n) is 8.00. The first-order chi connectivity index (χ1) is 13.1.